The Morgan fingerprint density at radius 3 is 2.84 bits per heavy atom. The molecular weight excluding hydrogens is 266 g/mol. The van der Waals surface area contributed by atoms with Gasteiger partial charge in [0.25, 0.3) is 5.89 Å². The molecule has 2 N–H and O–H groups in total. The van der Waals surface area contributed by atoms with Crippen LogP contribution in [0.2, 0.25) is 5.02 Å². The maximum Gasteiger partial charge on any atom is 0.258 e. The predicted molar refractivity (Wildman–Crippen MR) is 71.4 cm³/mol. The zero-order valence-electron chi connectivity index (χ0n) is 10.0. The van der Waals surface area contributed by atoms with Gasteiger partial charge in [0.15, 0.2) is 0 Å². The van der Waals surface area contributed by atoms with Crippen molar-refractivity contribution < 1.29 is 4.52 Å². The standard InChI is InChI=1S/C12H10ClN5O/c1-18-5-4-10(16-18)11-15-12(19-17-11)7-2-3-8(13)9(14)6-7/h2-6H,14H2,1H3. The number of anilines is 1. The maximum absolute atomic E-state index is 5.87. The third-order valence-corrected chi connectivity index (χ3v) is 2.96. The van der Waals surface area contributed by atoms with E-state index in [9.17, 15) is 0 Å². The Labute approximate surface area is 113 Å². The second-order valence-corrected chi connectivity index (χ2v) is 4.44. The van der Waals surface area contributed by atoms with Crippen LogP contribution in [0.3, 0.4) is 0 Å². The average Bonchev–Trinajstić information content (AvgIpc) is 3.01. The SMILES string of the molecule is Cn1ccc(-c2noc(-c3ccc(Cl)c(N)c3)n2)n1. The van der Waals surface area contributed by atoms with Gasteiger partial charge in [-0.3, -0.25) is 4.68 Å². The minimum absolute atomic E-state index is 0.379. The molecule has 0 fully saturated rings. The first-order valence-electron chi connectivity index (χ1n) is 5.52. The quantitative estimate of drug-likeness (QED) is 0.726. The molecule has 1 aromatic carbocycles. The van der Waals surface area contributed by atoms with E-state index in [1.807, 2.05) is 19.3 Å². The lowest BCUT2D eigenvalue weighted by Crippen LogP contribution is -1.89. The summed E-state index contributed by atoms with van der Waals surface area (Å²) in [6.07, 6.45) is 1.81. The normalized spacial score (nSPS) is 10.8. The highest BCUT2D eigenvalue weighted by Crippen LogP contribution is 2.26. The van der Waals surface area contributed by atoms with Crippen LogP contribution in [0.25, 0.3) is 23.0 Å². The van der Waals surface area contributed by atoms with Gasteiger partial charge in [-0.1, -0.05) is 16.8 Å². The number of hydrogen-bond donors (Lipinski definition) is 1. The van der Waals surface area contributed by atoms with Crippen molar-refractivity contribution in [3.8, 4) is 23.0 Å². The van der Waals surface area contributed by atoms with Crippen LogP contribution in [0.5, 0.6) is 0 Å². The number of aromatic nitrogens is 4. The summed E-state index contributed by atoms with van der Waals surface area (Å²) in [7, 11) is 1.82. The Balaban J connectivity index is 1.98. The predicted octanol–water partition coefficient (Wildman–Crippen LogP) is 2.37. The Hall–Kier alpha value is -2.34. The zero-order chi connectivity index (χ0) is 13.4. The van der Waals surface area contributed by atoms with Crippen LogP contribution in [-0.2, 0) is 7.05 Å². The van der Waals surface area contributed by atoms with Gasteiger partial charge in [0.1, 0.15) is 5.69 Å². The molecule has 0 bridgehead atoms. The van der Waals surface area contributed by atoms with Crippen LogP contribution in [-0.4, -0.2) is 19.9 Å². The molecule has 0 radical (unpaired) electrons. The molecule has 7 heteroatoms. The van der Waals surface area contributed by atoms with Crippen molar-refractivity contribution in [1.82, 2.24) is 19.9 Å². The Bertz CT molecular complexity index is 733. The van der Waals surface area contributed by atoms with Crippen molar-refractivity contribution in [3.05, 3.63) is 35.5 Å². The van der Waals surface area contributed by atoms with Gasteiger partial charge in [0.2, 0.25) is 5.82 Å². The summed E-state index contributed by atoms with van der Waals surface area (Å²) in [5.41, 5.74) is 7.58. The van der Waals surface area contributed by atoms with Crippen molar-refractivity contribution in [2.24, 2.45) is 7.05 Å². The summed E-state index contributed by atoms with van der Waals surface area (Å²) in [4.78, 5) is 4.28. The summed E-state index contributed by atoms with van der Waals surface area (Å²) in [6, 6.07) is 6.97. The highest BCUT2D eigenvalue weighted by atomic mass is 35.5. The van der Waals surface area contributed by atoms with Crippen LogP contribution < -0.4 is 5.73 Å². The molecular formula is C12H10ClN5O. The molecule has 3 aromatic rings. The highest BCUT2D eigenvalue weighted by Gasteiger charge is 2.13. The maximum atomic E-state index is 5.87. The van der Waals surface area contributed by atoms with Gasteiger partial charge in [-0.2, -0.15) is 10.1 Å². The second kappa shape index (κ2) is 4.40. The molecule has 0 atom stereocenters. The topological polar surface area (TPSA) is 82.8 Å². The molecule has 0 amide bonds. The van der Waals surface area contributed by atoms with E-state index in [-0.39, 0.29) is 0 Å². The third-order valence-electron chi connectivity index (χ3n) is 2.61. The second-order valence-electron chi connectivity index (χ2n) is 4.03. The lowest BCUT2D eigenvalue weighted by Gasteiger charge is -1.98. The first-order chi connectivity index (χ1) is 9.13. The van der Waals surface area contributed by atoms with Gasteiger partial charge in [-0.05, 0) is 24.3 Å². The summed E-state index contributed by atoms with van der Waals surface area (Å²) in [5, 5.41) is 8.59. The number of nitrogens with zero attached hydrogens (tertiary/aromatic N) is 4. The fourth-order valence-electron chi connectivity index (χ4n) is 1.66. The molecule has 0 aliphatic carbocycles. The molecule has 6 nitrogen and oxygen atoms in total. The molecule has 0 aliphatic heterocycles. The first kappa shape index (κ1) is 11.7. The van der Waals surface area contributed by atoms with Gasteiger partial charge < -0.3 is 10.3 Å². The number of aryl methyl sites for hydroxylation is 1. The van der Waals surface area contributed by atoms with Crippen molar-refractivity contribution >= 4 is 17.3 Å². The van der Waals surface area contributed by atoms with Crippen molar-refractivity contribution in [3.63, 3.8) is 0 Å². The van der Waals surface area contributed by atoms with Gasteiger partial charge in [0, 0.05) is 18.8 Å². The minimum atomic E-state index is 0.379. The van der Waals surface area contributed by atoms with Crippen molar-refractivity contribution in [1.29, 1.82) is 0 Å². The molecule has 3 rings (SSSR count). The number of nitrogens with two attached hydrogens (primary N) is 1. The monoisotopic (exact) mass is 275 g/mol. The molecule has 0 unspecified atom stereocenters. The van der Waals surface area contributed by atoms with Crippen molar-refractivity contribution in [2.45, 2.75) is 0 Å². The van der Waals surface area contributed by atoms with E-state index in [4.69, 9.17) is 21.9 Å². The van der Waals surface area contributed by atoms with Gasteiger partial charge in [0.05, 0.1) is 10.7 Å². The molecule has 0 aliphatic rings. The fourth-order valence-corrected chi connectivity index (χ4v) is 1.77. The molecule has 19 heavy (non-hydrogen) atoms. The van der Waals surface area contributed by atoms with E-state index in [2.05, 4.69) is 15.2 Å². The van der Waals surface area contributed by atoms with E-state index in [1.165, 1.54) is 0 Å². The number of halogens is 1. The number of rotatable bonds is 2. The van der Waals surface area contributed by atoms with Crippen LogP contribution >= 0.6 is 11.6 Å². The Morgan fingerprint density at radius 2 is 2.16 bits per heavy atom. The third kappa shape index (κ3) is 2.17. The Kier molecular flexibility index (Phi) is 2.72. The summed E-state index contributed by atoms with van der Waals surface area (Å²) in [5.74, 6) is 0.813. The van der Waals surface area contributed by atoms with Gasteiger partial charge >= 0.3 is 0 Å². The molecule has 0 spiro atoms. The lowest BCUT2D eigenvalue weighted by molar-refractivity contribution is 0.432. The largest absolute Gasteiger partial charge is 0.398 e. The number of nitrogen functional groups attached to an aromatic ring is 1. The molecule has 2 heterocycles. The molecule has 2 aromatic heterocycles. The number of hydrogen-bond acceptors (Lipinski definition) is 5. The molecule has 96 valence electrons. The van der Waals surface area contributed by atoms with E-state index in [0.717, 1.165) is 5.56 Å². The van der Waals surface area contributed by atoms with Crippen LogP contribution in [0.4, 0.5) is 5.69 Å². The summed E-state index contributed by atoms with van der Waals surface area (Å²) in [6.45, 7) is 0. The van der Waals surface area contributed by atoms with Crippen LogP contribution in [0.15, 0.2) is 35.0 Å². The summed E-state index contributed by atoms with van der Waals surface area (Å²) < 4.78 is 6.87. The highest BCUT2D eigenvalue weighted by molar-refractivity contribution is 6.33. The minimum Gasteiger partial charge on any atom is -0.398 e. The zero-order valence-corrected chi connectivity index (χ0v) is 10.8. The van der Waals surface area contributed by atoms with Gasteiger partial charge in [-0.25, -0.2) is 0 Å². The Morgan fingerprint density at radius 1 is 1.32 bits per heavy atom. The van der Waals surface area contributed by atoms with E-state index >= 15 is 0 Å². The lowest BCUT2D eigenvalue weighted by atomic mass is 10.2. The average molecular weight is 276 g/mol. The van der Waals surface area contributed by atoms with Gasteiger partial charge in [-0.15, -0.1) is 0 Å². The first-order valence-corrected chi connectivity index (χ1v) is 5.90. The van der Waals surface area contributed by atoms with E-state index in [0.29, 0.717) is 28.1 Å². The molecule has 0 saturated heterocycles. The number of benzene rings is 1. The molecule has 0 saturated carbocycles. The fraction of sp³-hybridized carbons (Fsp3) is 0.0833. The van der Waals surface area contributed by atoms with E-state index < -0.39 is 0 Å². The van der Waals surface area contributed by atoms with Crippen molar-refractivity contribution in [2.75, 3.05) is 5.73 Å². The van der Waals surface area contributed by atoms with Crippen LogP contribution in [0.1, 0.15) is 0 Å². The summed E-state index contributed by atoms with van der Waals surface area (Å²) >= 11 is 5.87. The van der Waals surface area contributed by atoms with E-state index in [1.54, 1.807) is 22.9 Å². The smallest absolute Gasteiger partial charge is 0.258 e. The van der Waals surface area contributed by atoms with Crippen LogP contribution in [0, 0.1) is 0 Å².